The first-order chi connectivity index (χ1) is 16.0. The number of carbonyl (C=O) groups is 3. The van der Waals surface area contributed by atoms with Crippen molar-refractivity contribution in [2.45, 2.75) is 38.6 Å². The highest BCUT2D eigenvalue weighted by Gasteiger charge is 2.24. The van der Waals surface area contributed by atoms with Crippen molar-refractivity contribution in [3.05, 3.63) is 59.7 Å². The molecule has 0 aromatic heterocycles. The minimum absolute atomic E-state index is 0.0126. The third-order valence-electron chi connectivity index (χ3n) is 5.55. The molecule has 1 heterocycles. The Morgan fingerprint density at radius 2 is 1.61 bits per heavy atom. The normalized spacial score (nSPS) is 13.8. The maximum absolute atomic E-state index is 12.6. The highest BCUT2D eigenvalue weighted by molar-refractivity contribution is 5.94. The summed E-state index contributed by atoms with van der Waals surface area (Å²) in [7, 11) is 1.63. The number of carbonyl (C=O) groups excluding carboxylic acids is 3. The Bertz CT molecular complexity index is 934. The molecule has 2 aromatic rings. The van der Waals surface area contributed by atoms with Crippen molar-refractivity contribution in [1.29, 1.82) is 0 Å². The van der Waals surface area contributed by atoms with Crippen LogP contribution in [-0.2, 0) is 16.0 Å². The van der Waals surface area contributed by atoms with Crippen molar-refractivity contribution >= 4 is 18.0 Å². The number of methoxy groups -OCH3 is 1. The zero-order chi connectivity index (χ0) is 23.6. The highest BCUT2D eigenvalue weighted by atomic mass is 16.7. The zero-order valence-corrected chi connectivity index (χ0v) is 19.0. The molecule has 1 aliphatic rings. The van der Waals surface area contributed by atoms with Crippen LogP contribution in [0.25, 0.3) is 0 Å². The molecule has 176 valence electrons. The molecule has 1 fully saturated rings. The van der Waals surface area contributed by atoms with E-state index in [0.717, 1.165) is 11.3 Å². The van der Waals surface area contributed by atoms with Crippen LogP contribution in [0.2, 0.25) is 0 Å². The second-order valence-electron chi connectivity index (χ2n) is 7.79. The summed E-state index contributed by atoms with van der Waals surface area (Å²) in [5.41, 5.74) is 1.58. The van der Waals surface area contributed by atoms with Gasteiger partial charge in [0.05, 0.1) is 13.7 Å². The summed E-state index contributed by atoms with van der Waals surface area (Å²) in [6.45, 7) is 3.17. The van der Waals surface area contributed by atoms with Crippen LogP contribution in [-0.4, -0.2) is 55.7 Å². The number of rotatable bonds is 8. The summed E-state index contributed by atoms with van der Waals surface area (Å²) in [5.74, 6) is 1.05. The fourth-order valence-corrected chi connectivity index (χ4v) is 3.66. The molecule has 0 radical (unpaired) electrons. The molecule has 1 N–H and O–H groups in total. The van der Waals surface area contributed by atoms with Gasteiger partial charge in [0, 0.05) is 31.1 Å². The first-order valence-corrected chi connectivity index (χ1v) is 11.1. The van der Waals surface area contributed by atoms with Crippen LogP contribution in [0.15, 0.2) is 48.5 Å². The van der Waals surface area contributed by atoms with Gasteiger partial charge in [-0.3, -0.25) is 9.59 Å². The van der Waals surface area contributed by atoms with Crippen molar-refractivity contribution in [2.24, 2.45) is 0 Å². The SMILES string of the molecule is CCOC(=O)Oc1ccc(C(=O)NC2CCN(C(=O)CCc3ccc(OC)cc3)CC2)cc1. The quantitative estimate of drug-likeness (QED) is 0.484. The maximum atomic E-state index is 12.6. The van der Waals surface area contributed by atoms with Gasteiger partial charge in [0.1, 0.15) is 11.5 Å². The summed E-state index contributed by atoms with van der Waals surface area (Å²) in [6.07, 6.45) is 1.80. The van der Waals surface area contributed by atoms with Crippen LogP contribution in [0.5, 0.6) is 11.5 Å². The molecule has 0 aliphatic carbocycles. The van der Waals surface area contributed by atoms with Gasteiger partial charge < -0.3 is 24.4 Å². The first kappa shape index (κ1) is 24.1. The lowest BCUT2D eigenvalue weighted by Gasteiger charge is -2.32. The lowest BCUT2D eigenvalue weighted by Crippen LogP contribution is -2.46. The lowest BCUT2D eigenvalue weighted by molar-refractivity contribution is -0.132. The standard InChI is InChI=1S/C25H30N2O6/c1-3-32-25(30)33-22-11-7-19(8-12-22)24(29)26-20-14-16-27(17-15-20)23(28)13-6-18-4-9-21(31-2)10-5-18/h4-5,7-12,20H,3,6,13-17H2,1-2H3,(H,26,29). The summed E-state index contributed by atoms with van der Waals surface area (Å²) in [6, 6.07) is 14.1. The predicted molar refractivity (Wildman–Crippen MR) is 122 cm³/mol. The number of piperidine rings is 1. The summed E-state index contributed by atoms with van der Waals surface area (Å²) < 4.78 is 14.9. The largest absolute Gasteiger partial charge is 0.513 e. The van der Waals surface area contributed by atoms with Crippen molar-refractivity contribution in [3.63, 3.8) is 0 Å². The molecule has 0 saturated carbocycles. The van der Waals surface area contributed by atoms with Gasteiger partial charge in [-0.1, -0.05) is 12.1 Å². The third-order valence-corrected chi connectivity index (χ3v) is 5.55. The van der Waals surface area contributed by atoms with Gasteiger partial charge in [-0.25, -0.2) is 4.79 Å². The molecule has 1 saturated heterocycles. The van der Waals surface area contributed by atoms with Gasteiger partial charge in [0.15, 0.2) is 0 Å². The number of amides is 2. The van der Waals surface area contributed by atoms with Gasteiger partial charge in [-0.05, 0) is 68.1 Å². The molecule has 3 rings (SSSR count). The number of hydrogen-bond donors (Lipinski definition) is 1. The summed E-state index contributed by atoms with van der Waals surface area (Å²) in [4.78, 5) is 38.3. The zero-order valence-electron chi connectivity index (χ0n) is 19.0. The van der Waals surface area contributed by atoms with Gasteiger partial charge in [0.25, 0.3) is 5.91 Å². The number of nitrogens with one attached hydrogen (secondary N) is 1. The maximum Gasteiger partial charge on any atom is 0.513 e. The molecule has 1 aliphatic heterocycles. The van der Waals surface area contributed by atoms with Crippen molar-refractivity contribution in [2.75, 3.05) is 26.8 Å². The van der Waals surface area contributed by atoms with E-state index in [1.165, 1.54) is 0 Å². The number of ether oxygens (including phenoxy) is 3. The molecule has 0 atom stereocenters. The number of benzene rings is 2. The van der Waals surface area contributed by atoms with Gasteiger partial charge >= 0.3 is 6.16 Å². The van der Waals surface area contributed by atoms with E-state index in [-0.39, 0.29) is 24.5 Å². The Hall–Kier alpha value is -3.55. The molecule has 0 unspecified atom stereocenters. The van der Waals surface area contributed by atoms with Crippen molar-refractivity contribution in [3.8, 4) is 11.5 Å². The summed E-state index contributed by atoms with van der Waals surface area (Å²) >= 11 is 0. The monoisotopic (exact) mass is 454 g/mol. The number of likely N-dealkylation sites (tertiary alicyclic amines) is 1. The minimum Gasteiger partial charge on any atom is -0.497 e. The molecule has 2 aromatic carbocycles. The van der Waals surface area contributed by atoms with Crippen LogP contribution in [0.3, 0.4) is 0 Å². The number of hydrogen-bond acceptors (Lipinski definition) is 6. The fourth-order valence-electron chi connectivity index (χ4n) is 3.66. The van der Waals surface area contributed by atoms with Crippen LogP contribution in [0, 0.1) is 0 Å². The van der Waals surface area contributed by atoms with Crippen molar-refractivity contribution in [1.82, 2.24) is 10.2 Å². The Balaban J connectivity index is 1.40. The molecule has 8 nitrogen and oxygen atoms in total. The molecule has 8 heteroatoms. The number of nitrogens with zero attached hydrogens (tertiary/aromatic N) is 1. The smallest absolute Gasteiger partial charge is 0.497 e. The fraction of sp³-hybridized carbons (Fsp3) is 0.400. The van der Waals surface area contributed by atoms with Crippen molar-refractivity contribution < 1.29 is 28.6 Å². The molecule has 0 spiro atoms. The topological polar surface area (TPSA) is 94.2 Å². The van der Waals surface area contributed by atoms with Gasteiger partial charge in [-0.2, -0.15) is 0 Å². The van der Waals surface area contributed by atoms with Gasteiger partial charge in [0.2, 0.25) is 5.91 Å². The molecule has 0 bridgehead atoms. The van der Waals surface area contributed by atoms with E-state index in [0.29, 0.717) is 50.1 Å². The third kappa shape index (κ3) is 7.24. The van der Waals surface area contributed by atoms with Crippen LogP contribution in [0.1, 0.15) is 42.1 Å². The number of aryl methyl sites for hydroxylation is 1. The van der Waals surface area contributed by atoms with E-state index in [1.54, 1.807) is 38.3 Å². The summed E-state index contributed by atoms with van der Waals surface area (Å²) in [5, 5.41) is 3.02. The Labute approximate surface area is 193 Å². The lowest BCUT2D eigenvalue weighted by atomic mass is 10.0. The molecular formula is C25H30N2O6. The Morgan fingerprint density at radius 1 is 0.970 bits per heavy atom. The van der Waals surface area contributed by atoms with Crippen LogP contribution >= 0.6 is 0 Å². The predicted octanol–water partition coefficient (Wildman–Crippen LogP) is 3.58. The average molecular weight is 455 g/mol. The Morgan fingerprint density at radius 3 is 2.21 bits per heavy atom. The minimum atomic E-state index is -0.778. The first-order valence-electron chi connectivity index (χ1n) is 11.1. The van der Waals surface area contributed by atoms with Crippen LogP contribution < -0.4 is 14.8 Å². The van der Waals surface area contributed by atoms with E-state index >= 15 is 0 Å². The van der Waals surface area contributed by atoms with Gasteiger partial charge in [-0.15, -0.1) is 0 Å². The van der Waals surface area contributed by atoms with E-state index < -0.39 is 6.16 Å². The van der Waals surface area contributed by atoms with E-state index in [2.05, 4.69) is 5.32 Å². The highest BCUT2D eigenvalue weighted by Crippen LogP contribution is 2.17. The molecule has 2 amide bonds. The van der Waals surface area contributed by atoms with Crippen LogP contribution in [0.4, 0.5) is 4.79 Å². The second-order valence-corrected chi connectivity index (χ2v) is 7.79. The average Bonchev–Trinajstić information content (AvgIpc) is 2.84. The van der Waals surface area contributed by atoms with E-state index in [1.807, 2.05) is 29.2 Å². The second kappa shape index (κ2) is 11.9. The molecular weight excluding hydrogens is 424 g/mol. The van der Waals surface area contributed by atoms with E-state index in [4.69, 9.17) is 14.2 Å². The van der Waals surface area contributed by atoms with E-state index in [9.17, 15) is 14.4 Å². The molecule has 33 heavy (non-hydrogen) atoms. The Kier molecular flexibility index (Phi) is 8.69.